The molecule has 0 aromatic carbocycles. The van der Waals surface area contributed by atoms with Crippen molar-refractivity contribution in [1.29, 1.82) is 0 Å². The largest absolute Gasteiger partial charge is 0.457 e. The molecule has 0 saturated heterocycles. The minimum absolute atomic E-state index is 0.194. The van der Waals surface area contributed by atoms with Crippen molar-refractivity contribution < 1.29 is 4.42 Å². The fourth-order valence-electron chi connectivity index (χ4n) is 1.99. The van der Waals surface area contributed by atoms with Gasteiger partial charge >= 0.3 is 0 Å². The van der Waals surface area contributed by atoms with E-state index in [0.717, 1.165) is 16.8 Å². The van der Waals surface area contributed by atoms with Gasteiger partial charge in [0.2, 0.25) is 0 Å². The van der Waals surface area contributed by atoms with Gasteiger partial charge in [-0.2, -0.15) is 0 Å². The van der Waals surface area contributed by atoms with Gasteiger partial charge in [0, 0.05) is 15.3 Å². The van der Waals surface area contributed by atoms with Crippen LogP contribution in [0.15, 0.2) is 33.5 Å². The zero-order chi connectivity index (χ0) is 14.0. The first kappa shape index (κ1) is 14.8. The van der Waals surface area contributed by atoms with Crippen LogP contribution in [0.5, 0.6) is 0 Å². The van der Waals surface area contributed by atoms with Crippen molar-refractivity contribution in [2.75, 3.05) is 6.54 Å². The Morgan fingerprint density at radius 1 is 1.32 bits per heavy atom. The SMILES string of the molecule is CCNC(c1ccc(C(C)(C)C)s1)c1ccoc1Br. The summed E-state index contributed by atoms with van der Waals surface area (Å²) >= 11 is 5.35. The van der Waals surface area contributed by atoms with Crippen LogP contribution in [0.25, 0.3) is 0 Å². The molecule has 1 unspecified atom stereocenters. The Kier molecular flexibility index (Phi) is 4.54. The molecule has 2 nitrogen and oxygen atoms in total. The Morgan fingerprint density at radius 3 is 2.53 bits per heavy atom. The summed E-state index contributed by atoms with van der Waals surface area (Å²) in [6.45, 7) is 9.79. The van der Waals surface area contributed by atoms with Gasteiger partial charge in [-0.1, -0.05) is 27.7 Å². The lowest BCUT2D eigenvalue weighted by Crippen LogP contribution is -2.20. The molecule has 0 radical (unpaired) electrons. The van der Waals surface area contributed by atoms with Crippen molar-refractivity contribution in [3.8, 4) is 0 Å². The molecular formula is C15H20BrNOS. The topological polar surface area (TPSA) is 25.2 Å². The lowest BCUT2D eigenvalue weighted by Gasteiger charge is -2.17. The average Bonchev–Trinajstić information content (AvgIpc) is 2.94. The minimum Gasteiger partial charge on any atom is -0.457 e. The van der Waals surface area contributed by atoms with Crippen molar-refractivity contribution in [1.82, 2.24) is 5.32 Å². The van der Waals surface area contributed by atoms with Crippen LogP contribution in [0.1, 0.15) is 49.1 Å². The molecule has 0 fully saturated rings. The van der Waals surface area contributed by atoms with Crippen molar-refractivity contribution in [3.05, 3.63) is 44.4 Å². The summed E-state index contributed by atoms with van der Waals surface area (Å²) in [7, 11) is 0. The van der Waals surface area contributed by atoms with E-state index in [1.807, 2.05) is 17.4 Å². The summed E-state index contributed by atoms with van der Waals surface area (Å²) in [5.41, 5.74) is 1.36. The highest BCUT2D eigenvalue weighted by Crippen LogP contribution is 2.36. The molecular weight excluding hydrogens is 322 g/mol. The predicted molar refractivity (Wildman–Crippen MR) is 84.9 cm³/mol. The van der Waals surface area contributed by atoms with Gasteiger partial charge in [-0.15, -0.1) is 11.3 Å². The molecule has 2 heterocycles. The number of rotatable bonds is 4. The molecule has 104 valence electrons. The number of hydrogen-bond acceptors (Lipinski definition) is 3. The van der Waals surface area contributed by atoms with Crippen LogP contribution in [0.3, 0.4) is 0 Å². The molecule has 0 bridgehead atoms. The number of furan rings is 1. The van der Waals surface area contributed by atoms with Crippen LogP contribution < -0.4 is 5.32 Å². The van der Waals surface area contributed by atoms with Gasteiger partial charge in [-0.05, 0) is 46.1 Å². The summed E-state index contributed by atoms with van der Waals surface area (Å²) < 4.78 is 6.18. The molecule has 2 aromatic rings. The molecule has 4 heteroatoms. The number of halogens is 1. The van der Waals surface area contributed by atoms with E-state index in [2.05, 4.69) is 61.1 Å². The van der Waals surface area contributed by atoms with Gasteiger partial charge in [-0.25, -0.2) is 0 Å². The van der Waals surface area contributed by atoms with E-state index in [1.54, 1.807) is 6.26 Å². The maximum atomic E-state index is 5.37. The number of thiophene rings is 1. The monoisotopic (exact) mass is 341 g/mol. The smallest absolute Gasteiger partial charge is 0.174 e. The molecule has 1 N–H and O–H groups in total. The summed E-state index contributed by atoms with van der Waals surface area (Å²) in [5.74, 6) is 0. The Bertz CT molecular complexity index is 538. The normalized spacial score (nSPS) is 13.7. The Balaban J connectivity index is 2.35. The molecule has 19 heavy (non-hydrogen) atoms. The molecule has 2 aromatic heterocycles. The van der Waals surface area contributed by atoms with E-state index in [0.29, 0.717) is 0 Å². The van der Waals surface area contributed by atoms with Gasteiger partial charge in [0.05, 0.1) is 12.3 Å². The van der Waals surface area contributed by atoms with Crippen LogP contribution in [0.2, 0.25) is 0 Å². The van der Waals surface area contributed by atoms with Gasteiger partial charge in [0.25, 0.3) is 0 Å². The van der Waals surface area contributed by atoms with Crippen LogP contribution >= 0.6 is 27.3 Å². The van der Waals surface area contributed by atoms with Gasteiger partial charge in [-0.3, -0.25) is 0 Å². The van der Waals surface area contributed by atoms with Gasteiger partial charge < -0.3 is 9.73 Å². The van der Waals surface area contributed by atoms with Crippen molar-refractivity contribution >= 4 is 27.3 Å². The lowest BCUT2D eigenvalue weighted by molar-refractivity contribution is 0.527. The van der Waals surface area contributed by atoms with Crippen LogP contribution in [-0.2, 0) is 5.41 Å². The predicted octanol–water partition coefficient (Wildman–Crippen LogP) is 5.10. The maximum Gasteiger partial charge on any atom is 0.174 e. The third-order valence-corrected chi connectivity index (χ3v) is 5.24. The molecule has 0 spiro atoms. The second kappa shape index (κ2) is 5.81. The highest BCUT2D eigenvalue weighted by Gasteiger charge is 2.22. The van der Waals surface area contributed by atoms with E-state index in [1.165, 1.54) is 9.75 Å². The van der Waals surface area contributed by atoms with Gasteiger partial charge in [0.15, 0.2) is 4.67 Å². The average molecular weight is 342 g/mol. The first-order valence-electron chi connectivity index (χ1n) is 6.50. The summed E-state index contributed by atoms with van der Waals surface area (Å²) in [5, 5.41) is 3.53. The van der Waals surface area contributed by atoms with E-state index < -0.39 is 0 Å². The third-order valence-electron chi connectivity index (χ3n) is 3.02. The lowest BCUT2D eigenvalue weighted by atomic mass is 9.95. The summed E-state index contributed by atoms with van der Waals surface area (Å²) in [6.07, 6.45) is 1.72. The first-order valence-corrected chi connectivity index (χ1v) is 8.11. The fourth-order valence-corrected chi connectivity index (χ4v) is 3.62. The van der Waals surface area contributed by atoms with Crippen molar-refractivity contribution in [2.24, 2.45) is 0 Å². The molecule has 2 rings (SSSR count). The Labute approximate surface area is 127 Å². The molecule has 1 atom stereocenters. The van der Waals surface area contributed by atoms with Crippen LogP contribution in [0.4, 0.5) is 0 Å². The van der Waals surface area contributed by atoms with E-state index >= 15 is 0 Å². The highest BCUT2D eigenvalue weighted by atomic mass is 79.9. The first-order chi connectivity index (χ1) is 8.93. The highest BCUT2D eigenvalue weighted by molar-refractivity contribution is 9.10. The minimum atomic E-state index is 0.194. The maximum absolute atomic E-state index is 5.37. The van der Waals surface area contributed by atoms with Gasteiger partial charge in [0.1, 0.15) is 0 Å². The molecule has 0 saturated carbocycles. The number of nitrogens with one attached hydrogen (secondary N) is 1. The number of hydrogen-bond donors (Lipinski definition) is 1. The second-order valence-electron chi connectivity index (χ2n) is 5.59. The summed E-state index contributed by atoms with van der Waals surface area (Å²) in [6, 6.07) is 6.67. The quantitative estimate of drug-likeness (QED) is 0.836. The fraction of sp³-hybridized carbons (Fsp3) is 0.467. The van der Waals surface area contributed by atoms with Crippen LogP contribution in [-0.4, -0.2) is 6.54 Å². The molecule has 0 amide bonds. The standard InChI is InChI=1S/C15H20BrNOS/c1-5-17-13(10-8-9-18-14(10)16)11-6-7-12(19-11)15(2,3)4/h6-9,13,17H,5H2,1-4H3. The molecule has 0 aliphatic heterocycles. The molecule has 0 aliphatic rings. The third kappa shape index (κ3) is 3.30. The van der Waals surface area contributed by atoms with Crippen LogP contribution in [0, 0.1) is 0 Å². The van der Waals surface area contributed by atoms with Crippen molar-refractivity contribution in [2.45, 2.75) is 39.2 Å². The second-order valence-corrected chi connectivity index (χ2v) is 7.43. The zero-order valence-electron chi connectivity index (χ0n) is 11.8. The molecule has 0 aliphatic carbocycles. The van der Waals surface area contributed by atoms with E-state index in [4.69, 9.17) is 4.42 Å². The van der Waals surface area contributed by atoms with E-state index in [-0.39, 0.29) is 11.5 Å². The summed E-state index contributed by atoms with van der Waals surface area (Å²) in [4.78, 5) is 2.74. The Hall–Kier alpha value is -0.580. The van der Waals surface area contributed by atoms with E-state index in [9.17, 15) is 0 Å². The Morgan fingerprint density at radius 2 is 2.05 bits per heavy atom. The van der Waals surface area contributed by atoms with Crippen molar-refractivity contribution in [3.63, 3.8) is 0 Å². The zero-order valence-corrected chi connectivity index (χ0v) is 14.2.